The minimum Gasteiger partial charge on any atom is -0.457 e. The summed E-state index contributed by atoms with van der Waals surface area (Å²) < 4.78 is 5.79. The van der Waals surface area contributed by atoms with Gasteiger partial charge in [-0.05, 0) is 43.2 Å². The average Bonchev–Trinajstić information content (AvgIpc) is 3.04. The fraction of sp³-hybridized carbons (Fsp3) is 0.278. The van der Waals surface area contributed by atoms with Gasteiger partial charge in [-0.25, -0.2) is 0 Å². The van der Waals surface area contributed by atoms with Gasteiger partial charge in [0.1, 0.15) is 11.5 Å². The summed E-state index contributed by atoms with van der Waals surface area (Å²) in [6.07, 6.45) is 2.01. The summed E-state index contributed by atoms with van der Waals surface area (Å²) in [7, 11) is 0. The number of para-hydroxylation sites is 1. The van der Waals surface area contributed by atoms with E-state index < -0.39 is 0 Å². The van der Waals surface area contributed by atoms with Crippen molar-refractivity contribution >= 4 is 5.91 Å². The molecule has 22 heavy (non-hydrogen) atoms. The Hall–Kier alpha value is -2.33. The third-order valence-corrected chi connectivity index (χ3v) is 3.97. The highest BCUT2D eigenvalue weighted by molar-refractivity contribution is 5.95. The first-order valence-electron chi connectivity index (χ1n) is 7.62. The minimum atomic E-state index is 0.0338. The van der Waals surface area contributed by atoms with Gasteiger partial charge in [-0.2, -0.15) is 0 Å². The molecule has 0 spiro atoms. The number of benzene rings is 2. The van der Waals surface area contributed by atoms with Crippen LogP contribution >= 0.6 is 0 Å². The highest BCUT2D eigenvalue weighted by Crippen LogP contribution is 2.24. The summed E-state index contributed by atoms with van der Waals surface area (Å²) >= 11 is 0. The summed E-state index contributed by atoms with van der Waals surface area (Å²) in [5, 5.41) is 0. The number of nitrogens with zero attached hydrogens (tertiary/aromatic N) is 1. The molecule has 1 unspecified atom stereocenters. The molecule has 114 valence electrons. The fourth-order valence-corrected chi connectivity index (χ4v) is 2.83. The van der Waals surface area contributed by atoms with Crippen LogP contribution in [0.15, 0.2) is 54.6 Å². The Labute approximate surface area is 130 Å². The highest BCUT2D eigenvalue weighted by Gasteiger charge is 2.28. The summed E-state index contributed by atoms with van der Waals surface area (Å²) in [6.45, 7) is 1.30. The Morgan fingerprint density at radius 1 is 1.14 bits per heavy atom. The number of likely N-dealkylation sites (tertiary alicyclic amines) is 1. The van der Waals surface area contributed by atoms with E-state index in [4.69, 9.17) is 10.5 Å². The van der Waals surface area contributed by atoms with Crippen molar-refractivity contribution in [2.75, 3.05) is 13.1 Å². The number of carbonyl (C=O) groups is 1. The molecule has 1 heterocycles. The van der Waals surface area contributed by atoms with Crippen molar-refractivity contribution in [3.8, 4) is 11.5 Å². The van der Waals surface area contributed by atoms with Gasteiger partial charge in [0, 0.05) is 24.7 Å². The second-order valence-corrected chi connectivity index (χ2v) is 5.47. The van der Waals surface area contributed by atoms with Gasteiger partial charge in [-0.15, -0.1) is 0 Å². The third-order valence-electron chi connectivity index (χ3n) is 3.97. The van der Waals surface area contributed by atoms with Crippen LogP contribution in [-0.2, 0) is 0 Å². The van der Waals surface area contributed by atoms with Crippen LogP contribution in [-0.4, -0.2) is 29.9 Å². The molecular weight excluding hydrogens is 276 g/mol. The molecule has 4 heteroatoms. The Bertz CT molecular complexity index is 643. The van der Waals surface area contributed by atoms with Crippen molar-refractivity contribution in [1.29, 1.82) is 0 Å². The van der Waals surface area contributed by atoms with Crippen molar-refractivity contribution in [1.82, 2.24) is 4.90 Å². The van der Waals surface area contributed by atoms with E-state index in [1.54, 1.807) is 6.07 Å². The first kappa shape index (κ1) is 14.6. The van der Waals surface area contributed by atoms with Gasteiger partial charge >= 0.3 is 0 Å². The molecule has 1 saturated heterocycles. The molecule has 0 aliphatic carbocycles. The quantitative estimate of drug-likeness (QED) is 0.943. The zero-order valence-electron chi connectivity index (χ0n) is 12.4. The van der Waals surface area contributed by atoms with Crippen molar-refractivity contribution in [3.63, 3.8) is 0 Å². The molecule has 0 aromatic heterocycles. The van der Waals surface area contributed by atoms with Crippen molar-refractivity contribution in [2.45, 2.75) is 18.9 Å². The number of amides is 1. The number of hydrogen-bond acceptors (Lipinski definition) is 3. The van der Waals surface area contributed by atoms with E-state index in [-0.39, 0.29) is 11.9 Å². The molecule has 1 aliphatic heterocycles. The van der Waals surface area contributed by atoms with E-state index in [1.165, 1.54) is 0 Å². The maximum Gasteiger partial charge on any atom is 0.254 e. The monoisotopic (exact) mass is 296 g/mol. The van der Waals surface area contributed by atoms with Gasteiger partial charge in [0.05, 0.1) is 0 Å². The Morgan fingerprint density at radius 2 is 1.91 bits per heavy atom. The molecule has 2 N–H and O–H groups in total. The molecule has 1 aliphatic rings. The van der Waals surface area contributed by atoms with Gasteiger partial charge < -0.3 is 15.4 Å². The van der Waals surface area contributed by atoms with Crippen LogP contribution in [0.4, 0.5) is 0 Å². The molecule has 0 bridgehead atoms. The molecule has 1 atom stereocenters. The first-order valence-corrected chi connectivity index (χ1v) is 7.62. The summed E-state index contributed by atoms with van der Waals surface area (Å²) in [4.78, 5) is 14.5. The normalized spacial score (nSPS) is 17.5. The van der Waals surface area contributed by atoms with Gasteiger partial charge in [0.25, 0.3) is 5.91 Å². The van der Waals surface area contributed by atoms with E-state index in [9.17, 15) is 4.79 Å². The number of ether oxygens (including phenoxy) is 1. The van der Waals surface area contributed by atoms with Crippen LogP contribution in [0.3, 0.4) is 0 Å². The second-order valence-electron chi connectivity index (χ2n) is 5.47. The lowest BCUT2D eigenvalue weighted by Gasteiger charge is -2.23. The summed E-state index contributed by atoms with van der Waals surface area (Å²) in [6, 6.07) is 17.0. The van der Waals surface area contributed by atoms with E-state index in [0.717, 1.165) is 25.1 Å². The van der Waals surface area contributed by atoms with Crippen molar-refractivity contribution < 1.29 is 9.53 Å². The summed E-state index contributed by atoms with van der Waals surface area (Å²) in [5.74, 6) is 1.46. The zero-order valence-corrected chi connectivity index (χ0v) is 12.4. The predicted octanol–water partition coefficient (Wildman–Crippen LogP) is 3.04. The molecule has 0 saturated carbocycles. The lowest BCUT2D eigenvalue weighted by Crippen LogP contribution is -2.39. The first-order chi connectivity index (χ1) is 10.8. The zero-order chi connectivity index (χ0) is 15.4. The topological polar surface area (TPSA) is 55.6 Å². The molecule has 3 rings (SSSR count). The number of rotatable bonds is 4. The Balaban J connectivity index is 1.77. The maximum atomic E-state index is 12.6. The second kappa shape index (κ2) is 6.62. The number of carbonyl (C=O) groups excluding carboxylic acids is 1. The molecule has 4 nitrogen and oxygen atoms in total. The van der Waals surface area contributed by atoms with Crippen LogP contribution in [0.2, 0.25) is 0 Å². The molecule has 1 fully saturated rings. The molecule has 0 radical (unpaired) electrons. The SMILES string of the molecule is NCC1CCCN1C(=O)c1cccc(Oc2ccccc2)c1. The van der Waals surface area contributed by atoms with E-state index >= 15 is 0 Å². The lowest BCUT2D eigenvalue weighted by molar-refractivity contribution is 0.0741. The fourth-order valence-electron chi connectivity index (χ4n) is 2.83. The van der Waals surface area contributed by atoms with E-state index in [2.05, 4.69) is 0 Å². The van der Waals surface area contributed by atoms with Crippen LogP contribution in [0, 0.1) is 0 Å². The predicted molar refractivity (Wildman–Crippen MR) is 86.1 cm³/mol. The molecule has 2 aromatic carbocycles. The van der Waals surface area contributed by atoms with Crippen LogP contribution in [0.1, 0.15) is 23.2 Å². The maximum absolute atomic E-state index is 12.6. The Kier molecular flexibility index (Phi) is 4.39. The highest BCUT2D eigenvalue weighted by atomic mass is 16.5. The van der Waals surface area contributed by atoms with Gasteiger partial charge in [0.2, 0.25) is 0 Å². The average molecular weight is 296 g/mol. The largest absolute Gasteiger partial charge is 0.457 e. The standard InChI is InChI=1S/C18H20N2O2/c19-13-15-7-5-11-20(15)18(21)14-6-4-10-17(12-14)22-16-8-2-1-3-9-16/h1-4,6,8-10,12,15H,5,7,11,13,19H2. The van der Waals surface area contributed by atoms with E-state index in [0.29, 0.717) is 17.9 Å². The van der Waals surface area contributed by atoms with Crippen LogP contribution < -0.4 is 10.5 Å². The van der Waals surface area contributed by atoms with Gasteiger partial charge in [-0.3, -0.25) is 4.79 Å². The molecular formula is C18H20N2O2. The van der Waals surface area contributed by atoms with Gasteiger partial charge in [-0.1, -0.05) is 24.3 Å². The third kappa shape index (κ3) is 3.12. The smallest absolute Gasteiger partial charge is 0.254 e. The molecule has 2 aromatic rings. The van der Waals surface area contributed by atoms with Crippen LogP contribution in [0.25, 0.3) is 0 Å². The van der Waals surface area contributed by atoms with E-state index in [1.807, 2.05) is 53.4 Å². The van der Waals surface area contributed by atoms with Crippen molar-refractivity contribution in [3.05, 3.63) is 60.2 Å². The molecule has 1 amide bonds. The van der Waals surface area contributed by atoms with Crippen molar-refractivity contribution in [2.24, 2.45) is 5.73 Å². The number of hydrogen-bond donors (Lipinski definition) is 1. The lowest BCUT2D eigenvalue weighted by atomic mass is 10.1. The van der Waals surface area contributed by atoms with Crippen LogP contribution in [0.5, 0.6) is 11.5 Å². The Morgan fingerprint density at radius 3 is 2.68 bits per heavy atom. The summed E-state index contributed by atoms with van der Waals surface area (Å²) in [5.41, 5.74) is 6.40. The minimum absolute atomic E-state index is 0.0338. The van der Waals surface area contributed by atoms with Gasteiger partial charge in [0.15, 0.2) is 0 Å². The number of nitrogens with two attached hydrogens (primary N) is 1.